The number of benzene rings is 1. The summed E-state index contributed by atoms with van der Waals surface area (Å²) >= 11 is 12.7. The highest BCUT2D eigenvalue weighted by Gasteiger charge is 2.15. The minimum absolute atomic E-state index is 0.336. The van der Waals surface area contributed by atoms with E-state index in [0.717, 1.165) is 17.5 Å². The molecule has 0 fully saturated rings. The third-order valence-corrected chi connectivity index (χ3v) is 4.72. The molecule has 0 spiro atoms. The van der Waals surface area contributed by atoms with Crippen molar-refractivity contribution in [2.24, 2.45) is 0 Å². The maximum atomic E-state index is 9.06. The first-order valence-electron chi connectivity index (χ1n) is 8.41. The topological polar surface area (TPSA) is 92.3 Å². The van der Waals surface area contributed by atoms with Crippen LogP contribution in [0.25, 0.3) is 16.6 Å². The number of hydrogen-bond acceptors (Lipinski definition) is 6. The second-order valence-electron chi connectivity index (χ2n) is 5.94. The Morgan fingerprint density at radius 1 is 1.14 bits per heavy atom. The predicted molar refractivity (Wildman–Crippen MR) is 108 cm³/mol. The van der Waals surface area contributed by atoms with Crippen molar-refractivity contribution in [3.05, 3.63) is 64.3 Å². The molecule has 3 aromatic heterocycles. The van der Waals surface area contributed by atoms with Gasteiger partial charge in [-0.3, -0.25) is 0 Å². The van der Waals surface area contributed by atoms with Gasteiger partial charge in [0.2, 0.25) is 0 Å². The number of fused-ring (bicyclic) bond motifs is 1. The van der Waals surface area contributed by atoms with Crippen molar-refractivity contribution in [3.8, 4) is 11.8 Å². The number of halogens is 2. The van der Waals surface area contributed by atoms with Gasteiger partial charge in [-0.25, -0.2) is 19.6 Å². The fourth-order valence-corrected chi connectivity index (χ4v) is 3.45. The van der Waals surface area contributed by atoms with Crippen molar-refractivity contribution >= 4 is 45.7 Å². The quantitative estimate of drug-likeness (QED) is 0.525. The van der Waals surface area contributed by atoms with Gasteiger partial charge < -0.3 is 5.32 Å². The standard InChI is InChI=1S/C19H13Cl2N7/c1-2-12-7-17(25-10-24-12)26-19-13-9-28(27-16(13)3-4-23-19)18-14(20)5-11(8-22)6-15(18)21/h3-7,9-10H,2H2,1H3,(H,23,24,25,26). The van der Waals surface area contributed by atoms with Gasteiger partial charge in [0, 0.05) is 24.2 Å². The molecule has 0 atom stereocenters. The van der Waals surface area contributed by atoms with E-state index in [1.165, 1.54) is 6.33 Å². The fourth-order valence-electron chi connectivity index (χ4n) is 2.79. The predicted octanol–water partition coefficient (Wildman–Crippen LogP) is 4.69. The maximum absolute atomic E-state index is 9.06. The molecule has 0 aliphatic heterocycles. The Hall–Kier alpha value is -3.21. The summed E-state index contributed by atoms with van der Waals surface area (Å²) in [5, 5.41) is 18.3. The zero-order valence-electron chi connectivity index (χ0n) is 14.7. The van der Waals surface area contributed by atoms with E-state index in [2.05, 4.69) is 25.4 Å². The lowest BCUT2D eigenvalue weighted by Gasteiger charge is -2.07. The Bertz CT molecular complexity index is 1200. The summed E-state index contributed by atoms with van der Waals surface area (Å²) in [7, 11) is 0. The smallest absolute Gasteiger partial charge is 0.142 e. The molecule has 0 saturated carbocycles. The lowest BCUT2D eigenvalue weighted by atomic mass is 10.2. The molecular formula is C19H13Cl2N7. The van der Waals surface area contributed by atoms with Crippen molar-refractivity contribution in [2.45, 2.75) is 13.3 Å². The van der Waals surface area contributed by atoms with Crippen LogP contribution in [0.5, 0.6) is 0 Å². The minimum atomic E-state index is 0.336. The number of aromatic nitrogens is 5. The Labute approximate surface area is 170 Å². The summed E-state index contributed by atoms with van der Waals surface area (Å²) in [4.78, 5) is 12.8. The molecule has 0 radical (unpaired) electrons. The number of aryl methyl sites for hydroxylation is 1. The molecule has 1 aromatic carbocycles. The molecule has 4 rings (SSSR count). The van der Waals surface area contributed by atoms with Crippen LogP contribution in [0, 0.1) is 11.3 Å². The number of anilines is 2. The molecule has 138 valence electrons. The summed E-state index contributed by atoms with van der Waals surface area (Å²) in [6.07, 6.45) is 5.77. The van der Waals surface area contributed by atoms with Crippen LogP contribution in [0.2, 0.25) is 10.0 Å². The van der Waals surface area contributed by atoms with Crippen molar-refractivity contribution in [1.82, 2.24) is 24.7 Å². The van der Waals surface area contributed by atoms with Crippen LogP contribution in [-0.2, 0) is 6.42 Å². The Morgan fingerprint density at radius 2 is 1.93 bits per heavy atom. The minimum Gasteiger partial charge on any atom is -0.324 e. The maximum Gasteiger partial charge on any atom is 0.142 e. The summed E-state index contributed by atoms with van der Waals surface area (Å²) in [6, 6.07) is 8.81. The summed E-state index contributed by atoms with van der Waals surface area (Å²) < 4.78 is 1.58. The molecule has 4 aromatic rings. The zero-order valence-corrected chi connectivity index (χ0v) is 16.2. The number of rotatable bonds is 4. The second-order valence-corrected chi connectivity index (χ2v) is 6.75. The second kappa shape index (κ2) is 7.43. The van der Waals surface area contributed by atoms with E-state index in [-0.39, 0.29) is 0 Å². The van der Waals surface area contributed by atoms with Crippen LogP contribution in [0.4, 0.5) is 11.6 Å². The molecular weight excluding hydrogens is 397 g/mol. The van der Waals surface area contributed by atoms with E-state index in [1.54, 1.807) is 35.3 Å². The van der Waals surface area contributed by atoms with E-state index in [9.17, 15) is 0 Å². The monoisotopic (exact) mass is 409 g/mol. The van der Waals surface area contributed by atoms with E-state index < -0.39 is 0 Å². The Balaban J connectivity index is 1.79. The molecule has 7 nitrogen and oxygen atoms in total. The van der Waals surface area contributed by atoms with Gasteiger partial charge in [0.1, 0.15) is 23.7 Å². The van der Waals surface area contributed by atoms with Gasteiger partial charge in [0.25, 0.3) is 0 Å². The number of pyridine rings is 1. The lowest BCUT2D eigenvalue weighted by Crippen LogP contribution is -1.98. The Morgan fingerprint density at radius 3 is 2.64 bits per heavy atom. The SMILES string of the molecule is CCc1cc(Nc2nccc3nn(-c4c(Cl)cc(C#N)cc4Cl)cc23)ncn1. The van der Waals surface area contributed by atoms with E-state index >= 15 is 0 Å². The normalized spacial score (nSPS) is 10.8. The average molecular weight is 410 g/mol. The van der Waals surface area contributed by atoms with Crippen LogP contribution < -0.4 is 5.32 Å². The summed E-state index contributed by atoms with van der Waals surface area (Å²) in [5.41, 5.74) is 2.52. The molecule has 0 aliphatic rings. The van der Waals surface area contributed by atoms with Crippen LogP contribution in [-0.4, -0.2) is 24.7 Å². The summed E-state index contributed by atoms with van der Waals surface area (Å²) in [6.45, 7) is 2.03. The molecule has 0 aliphatic carbocycles. The van der Waals surface area contributed by atoms with Gasteiger partial charge in [0.05, 0.1) is 32.6 Å². The molecule has 28 heavy (non-hydrogen) atoms. The van der Waals surface area contributed by atoms with Crippen molar-refractivity contribution in [1.29, 1.82) is 5.26 Å². The van der Waals surface area contributed by atoms with Crippen LogP contribution >= 0.6 is 23.2 Å². The van der Waals surface area contributed by atoms with Gasteiger partial charge in [-0.2, -0.15) is 10.4 Å². The van der Waals surface area contributed by atoms with Crippen LogP contribution in [0.3, 0.4) is 0 Å². The highest BCUT2D eigenvalue weighted by atomic mass is 35.5. The van der Waals surface area contributed by atoms with Crippen molar-refractivity contribution in [3.63, 3.8) is 0 Å². The van der Waals surface area contributed by atoms with Crippen LogP contribution in [0.15, 0.2) is 43.0 Å². The molecule has 1 N–H and O–H groups in total. The van der Waals surface area contributed by atoms with Gasteiger partial charge in [-0.1, -0.05) is 30.1 Å². The molecule has 0 bridgehead atoms. The van der Waals surface area contributed by atoms with Crippen molar-refractivity contribution in [2.75, 3.05) is 5.32 Å². The Kier molecular flexibility index (Phi) is 4.82. The molecule has 0 unspecified atom stereocenters. The van der Waals surface area contributed by atoms with E-state index in [4.69, 9.17) is 28.5 Å². The highest BCUT2D eigenvalue weighted by molar-refractivity contribution is 6.38. The largest absolute Gasteiger partial charge is 0.324 e. The third-order valence-electron chi connectivity index (χ3n) is 4.14. The molecule has 0 saturated heterocycles. The number of hydrogen-bond donors (Lipinski definition) is 1. The summed E-state index contributed by atoms with van der Waals surface area (Å²) in [5.74, 6) is 1.25. The van der Waals surface area contributed by atoms with Gasteiger partial charge >= 0.3 is 0 Å². The van der Waals surface area contributed by atoms with Gasteiger partial charge in [0.15, 0.2) is 0 Å². The van der Waals surface area contributed by atoms with E-state index in [0.29, 0.717) is 38.4 Å². The average Bonchev–Trinajstić information content (AvgIpc) is 3.12. The zero-order chi connectivity index (χ0) is 19.7. The molecule has 9 heteroatoms. The lowest BCUT2D eigenvalue weighted by molar-refractivity contribution is 0.896. The first-order chi connectivity index (χ1) is 13.6. The van der Waals surface area contributed by atoms with Gasteiger partial charge in [-0.05, 0) is 24.6 Å². The third kappa shape index (κ3) is 3.36. The number of nitrogens with one attached hydrogen (secondary N) is 1. The number of nitrogens with zero attached hydrogens (tertiary/aromatic N) is 6. The van der Waals surface area contributed by atoms with Gasteiger partial charge in [-0.15, -0.1) is 0 Å². The van der Waals surface area contributed by atoms with E-state index in [1.807, 2.05) is 19.1 Å². The first kappa shape index (κ1) is 18.2. The fraction of sp³-hybridized carbons (Fsp3) is 0.105. The number of nitriles is 1. The van der Waals surface area contributed by atoms with Crippen LogP contribution in [0.1, 0.15) is 18.2 Å². The first-order valence-corrected chi connectivity index (χ1v) is 9.16. The van der Waals surface area contributed by atoms with Crippen molar-refractivity contribution < 1.29 is 0 Å². The molecule has 3 heterocycles. The molecule has 0 amide bonds. The highest BCUT2D eigenvalue weighted by Crippen LogP contribution is 2.32.